The van der Waals surface area contributed by atoms with Gasteiger partial charge in [0.1, 0.15) is 0 Å². The summed E-state index contributed by atoms with van der Waals surface area (Å²) in [5.74, 6) is -0.673. The van der Waals surface area contributed by atoms with E-state index in [9.17, 15) is 13.6 Å². The van der Waals surface area contributed by atoms with Gasteiger partial charge in [-0.15, -0.1) is 0 Å². The molecule has 5 heteroatoms. The number of nitrogens with zero attached hydrogens (tertiary/aromatic N) is 1. The third-order valence-corrected chi connectivity index (χ3v) is 4.70. The highest BCUT2D eigenvalue weighted by Gasteiger charge is 2.36. The summed E-state index contributed by atoms with van der Waals surface area (Å²) in [7, 11) is 0. The molecule has 2 fully saturated rings. The quantitative estimate of drug-likeness (QED) is 0.927. The van der Waals surface area contributed by atoms with E-state index in [2.05, 4.69) is 12.2 Å². The lowest BCUT2D eigenvalue weighted by molar-refractivity contribution is -0.134. The summed E-state index contributed by atoms with van der Waals surface area (Å²) < 4.78 is 26.1. The van der Waals surface area contributed by atoms with E-state index in [-0.39, 0.29) is 5.92 Å². The molecule has 1 heterocycles. The van der Waals surface area contributed by atoms with Crippen LogP contribution in [0.25, 0.3) is 0 Å². The monoisotopic (exact) mass is 308 g/mol. The number of hydrogen-bond acceptors (Lipinski definition) is 2. The summed E-state index contributed by atoms with van der Waals surface area (Å²) in [6.45, 7) is 4.22. The largest absolute Gasteiger partial charge is 0.342 e. The van der Waals surface area contributed by atoms with Crippen molar-refractivity contribution in [1.82, 2.24) is 10.2 Å². The zero-order valence-electron chi connectivity index (χ0n) is 12.8. The van der Waals surface area contributed by atoms with Gasteiger partial charge in [-0.1, -0.05) is 13.0 Å². The maximum Gasteiger partial charge on any atom is 0.225 e. The van der Waals surface area contributed by atoms with E-state index < -0.39 is 11.6 Å². The summed E-state index contributed by atoms with van der Waals surface area (Å²) in [6.07, 6.45) is 2.99. The molecule has 0 aromatic heterocycles. The van der Waals surface area contributed by atoms with Crippen LogP contribution >= 0.6 is 0 Å². The molecule has 0 bridgehead atoms. The van der Waals surface area contributed by atoms with E-state index in [0.29, 0.717) is 24.4 Å². The van der Waals surface area contributed by atoms with Crippen LogP contribution in [0.1, 0.15) is 31.7 Å². The number of rotatable bonds is 4. The number of halogens is 2. The normalized spacial score (nSPS) is 25.3. The molecule has 1 aliphatic heterocycles. The van der Waals surface area contributed by atoms with Crippen LogP contribution in [0.15, 0.2) is 18.2 Å². The van der Waals surface area contributed by atoms with Gasteiger partial charge in [0.2, 0.25) is 5.91 Å². The maximum absolute atomic E-state index is 13.2. The fourth-order valence-electron chi connectivity index (χ4n) is 3.14. The second-order valence-electron chi connectivity index (χ2n) is 6.56. The molecule has 2 atom stereocenters. The van der Waals surface area contributed by atoms with E-state index in [0.717, 1.165) is 44.0 Å². The minimum absolute atomic E-state index is 0.277. The van der Waals surface area contributed by atoms with Crippen molar-refractivity contribution in [3.05, 3.63) is 35.4 Å². The Labute approximate surface area is 129 Å². The molecule has 1 aromatic rings. The topological polar surface area (TPSA) is 32.3 Å². The van der Waals surface area contributed by atoms with E-state index in [4.69, 9.17) is 0 Å². The number of likely N-dealkylation sites (tertiary alicyclic amines) is 1. The van der Waals surface area contributed by atoms with Gasteiger partial charge in [-0.3, -0.25) is 4.79 Å². The Morgan fingerprint density at radius 2 is 2.05 bits per heavy atom. The molecule has 3 nitrogen and oxygen atoms in total. The molecular formula is C17H22F2N2O. The van der Waals surface area contributed by atoms with Crippen LogP contribution in [-0.2, 0) is 11.3 Å². The first-order valence-corrected chi connectivity index (χ1v) is 8.00. The van der Waals surface area contributed by atoms with Gasteiger partial charge < -0.3 is 10.2 Å². The molecule has 1 saturated heterocycles. The highest BCUT2D eigenvalue weighted by molar-refractivity contribution is 5.81. The van der Waals surface area contributed by atoms with E-state index in [1.165, 1.54) is 6.07 Å². The molecule has 1 aliphatic carbocycles. The molecule has 0 radical (unpaired) electrons. The van der Waals surface area contributed by atoms with Crippen molar-refractivity contribution in [3.63, 3.8) is 0 Å². The van der Waals surface area contributed by atoms with Gasteiger partial charge >= 0.3 is 0 Å². The van der Waals surface area contributed by atoms with Crippen LogP contribution in [0, 0.1) is 23.5 Å². The highest BCUT2D eigenvalue weighted by atomic mass is 19.2. The molecule has 3 rings (SSSR count). The van der Waals surface area contributed by atoms with Crippen LogP contribution in [0.5, 0.6) is 0 Å². The number of amides is 1. The van der Waals surface area contributed by atoms with Crippen molar-refractivity contribution < 1.29 is 13.6 Å². The van der Waals surface area contributed by atoms with Gasteiger partial charge in [0.15, 0.2) is 11.6 Å². The summed E-state index contributed by atoms with van der Waals surface area (Å²) in [5.41, 5.74) is 0.739. The van der Waals surface area contributed by atoms with Gasteiger partial charge in [0.05, 0.1) is 0 Å². The van der Waals surface area contributed by atoms with Crippen molar-refractivity contribution in [1.29, 1.82) is 0 Å². The lowest BCUT2D eigenvalue weighted by Gasteiger charge is -2.37. The molecule has 120 valence electrons. The van der Waals surface area contributed by atoms with Crippen molar-refractivity contribution in [2.24, 2.45) is 11.8 Å². The highest BCUT2D eigenvalue weighted by Crippen LogP contribution is 2.32. The third-order valence-electron chi connectivity index (χ3n) is 4.70. The summed E-state index contributed by atoms with van der Waals surface area (Å²) in [5, 5.41) is 3.41. The van der Waals surface area contributed by atoms with Crippen LogP contribution < -0.4 is 5.32 Å². The minimum Gasteiger partial charge on any atom is -0.342 e. The predicted molar refractivity (Wildman–Crippen MR) is 80.1 cm³/mol. The van der Waals surface area contributed by atoms with Gasteiger partial charge in [-0.05, 0) is 42.9 Å². The molecule has 1 aromatic carbocycles. The van der Waals surface area contributed by atoms with Gasteiger partial charge in [-0.2, -0.15) is 0 Å². The number of carbonyl (C=O) groups is 1. The zero-order valence-corrected chi connectivity index (χ0v) is 12.8. The number of hydrogen-bond donors (Lipinski definition) is 1. The van der Waals surface area contributed by atoms with E-state index >= 15 is 0 Å². The Bertz CT molecular complexity index is 560. The first kappa shape index (κ1) is 15.4. The van der Waals surface area contributed by atoms with Crippen LogP contribution in [-0.4, -0.2) is 29.9 Å². The molecule has 1 saturated carbocycles. The van der Waals surface area contributed by atoms with Crippen molar-refractivity contribution in [2.75, 3.05) is 13.1 Å². The Balaban J connectivity index is 1.51. The minimum atomic E-state index is -0.816. The average molecular weight is 308 g/mol. The summed E-state index contributed by atoms with van der Waals surface area (Å²) in [4.78, 5) is 14.1. The number of benzene rings is 1. The molecule has 1 amide bonds. The summed E-state index contributed by atoms with van der Waals surface area (Å²) in [6, 6.07) is 4.30. The lowest BCUT2D eigenvalue weighted by atomic mass is 9.93. The standard InChI is InChI=1S/C17H22F2N2O/c1-11-10-21(17(22)13-3-4-13)7-6-16(11)20-9-12-2-5-14(18)15(19)8-12/h2,5,8,11,13,16,20H,3-4,6-7,9-10H2,1H3/t11-,16-/m0/s1. The van der Waals surface area contributed by atoms with E-state index in [1.807, 2.05) is 4.90 Å². The zero-order chi connectivity index (χ0) is 15.7. The second-order valence-corrected chi connectivity index (χ2v) is 6.56. The fourth-order valence-corrected chi connectivity index (χ4v) is 3.14. The molecule has 22 heavy (non-hydrogen) atoms. The fraction of sp³-hybridized carbons (Fsp3) is 0.588. The maximum atomic E-state index is 13.2. The van der Waals surface area contributed by atoms with Crippen molar-refractivity contribution in [2.45, 2.75) is 38.8 Å². The number of nitrogens with one attached hydrogen (secondary N) is 1. The summed E-state index contributed by atoms with van der Waals surface area (Å²) >= 11 is 0. The van der Waals surface area contributed by atoms with Crippen LogP contribution in [0.2, 0.25) is 0 Å². The molecule has 0 spiro atoms. The smallest absolute Gasteiger partial charge is 0.225 e. The molecule has 1 N–H and O–H groups in total. The number of carbonyl (C=O) groups excluding carboxylic acids is 1. The molecule has 0 unspecified atom stereocenters. The van der Waals surface area contributed by atoms with Crippen molar-refractivity contribution >= 4 is 5.91 Å². The predicted octanol–water partition coefficient (Wildman–Crippen LogP) is 2.70. The lowest BCUT2D eigenvalue weighted by Crippen LogP contribution is -2.50. The average Bonchev–Trinajstić information content (AvgIpc) is 3.33. The third kappa shape index (κ3) is 3.46. The number of piperidine rings is 1. The van der Waals surface area contributed by atoms with Gasteiger partial charge in [-0.25, -0.2) is 8.78 Å². The first-order valence-electron chi connectivity index (χ1n) is 8.00. The van der Waals surface area contributed by atoms with Crippen molar-refractivity contribution in [3.8, 4) is 0 Å². The van der Waals surface area contributed by atoms with Crippen LogP contribution in [0.3, 0.4) is 0 Å². The Kier molecular flexibility index (Phi) is 4.43. The SMILES string of the molecule is C[C@H]1CN(C(=O)C2CC2)CC[C@@H]1NCc1ccc(F)c(F)c1. The second kappa shape index (κ2) is 6.32. The van der Waals surface area contributed by atoms with Crippen LogP contribution in [0.4, 0.5) is 8.78 Å². The molecule has 2 aliphatic rings. The Morgan fingerprint density at radius 1 is 1.27 bits per heavy atom. The van der Waals surface area contributed by atoms with E-state index in [1.54, 1.807) is 6.07 Å². The van der Waals surface area contributed by atoms with Gasteiger partial charge in [0.25, 0.3) is 0 Å². The Hall–Kier alpha value is -1.49. The molecular weight excluding hydrogens is 286 g/mol. The van der Waals surface area contributed by atoms with Gasteiger partial charge in [0, 0.05) is 31.6 Å². The first-order chi connectivity index (χ1) is 10.5. The Morgan fingerprint density at radius 3 is 2.68 bits per heavy atom.